The number of nitrogens with zero attached hydrogens (tertiary/aromatic N) is 1. The number of hydrogen-bond donors (Lipinski definition) is 0. The molecule has 0 radical (unpaired) electrons. The second kappa shape index (κ2) is 2.73. The van der Waals surface area contributed by atoms with Gasteiger partial charge in [0.2, 0.25) is 0 Å². The average Bonchev–Trinajstić information content (AvgIpc) is 2.37. The largest absolute Gasteiger partial charge is 0.378 e. The van der Waals surface area contributed by atoms with Gasteiger partial charge in [0, 0.05) is 26.1 Å². The summed E-state index contributed by atoms with van der Waals surface area (Å²) >= 11 is 0. The molecule has 64 valence electrons. The first kappa shape index (κ1) is 7.53. The molecule has 0 aromatic rings. The molecule has 0 bridgehead atoms. The summed E-state index contributed by atoms with van der Waals surface area (Å²) in [5.74, 6) is 0. The lowest BCUT2D eigenvalue weighted by molar-refractivity contribution is -0.103. The van der Waals surface area contributed by atoms with Crippen molar-refractivity contribution in [1.82, 2.24) is 4.90 Å². The summed E-state index contributed by atoms with van der Waals surface area (Å²) in [6, 6.07) is 0. The van der Waals surface area contributed by atoms with Crippen molar-refractivity contribution in [2.45, 2.75) is 12.0 Å². The Morgan fingerprint density at radius 2 is 2.27 bits per heavy atom. The van der Waals surface area contributed by atoms with E-state index in [1.54, 1.807) is 0 Å². The highest BCUT2D eigenvalue weighted by Crippen LogP contribution is 2.26. The van der Waals surface area contributed by atoms with Gasteiger partial charge in [0.15, 0.2) is 0 Å². The van der Waals surface area contributed by atoms with E-state index in [1.807, 2.05) is 0 Å². The van der Waals surface area contributed by atoms with Crippen LogP contribution in [0.4, 0.5) is 0 Å². The smallest absolute Gasteiger partial charge is 0.106 e. The lowest BCUT2D eigenvalue weighted by Gasteiger charge is -2.37. The van der Waals surface area contributed by atoms with Crippen molar-refractivity contribution in [3.05, 3.63) is 0 Å². The fourth-order valence-electron chi connectivity index (χ4n) is 1.86. The number of rotatable bonds is 0. The molecule has 0 saturated carbocycles. The van der Waals surface area contributed by atoms with Gasteiger partial charge in [-0.15, -0.1) is 0 Å². The van der Waals surface area contributed by atoms with Crippen molar-refractivity contribution in [1.29, 1.82) is 0 Å². The Labute approximate surface area is 67.3 Å². The summed E-state index contributed by atoms with van der Waals surface area (Å²) in [7, 11) is 2.14. The van der Waals surface area contributed by atoms with Crippen LogP contribution in [0, 0.1) is 0 Å². The molecule has 3 heteroatoms. The minimum atomic E-state index is 0.0486. The highest BCUT2D eigenvalue weighted by atomic mass is 16.6. The zero-order chi connectivity index (χ0) is 7.73. The minimum absolute atomic E-state index is 0.0486. The van der Waals surface area contributed by atoms with E-state index in [0.717, 1.165) is 39.3 Å². The van der Waals surface area contributed by atoms with E-state index in [0.29, 0.717) is 0 Å². The summed E-state index contributed by atoms with van der Waals surface area (Å²) in [5.41, 5.74) is 0.0486. The fourth-order valence-corrected chi connectivity index (χ4v) is 1.86. The van der Waals surface area contributed by atoms with Crippen LogP contribution in [0.25, 0.3) is 0 Å². The summed E-state index contributed by atoms with van der Waals surface area (Å²) < 4.78 is 11.1. The average molecular weight is 157 g/mol. The van der Waals surface area contributed by atoms with Crippen LogP contribution in [0.1, 0.15) is 6.42 Å². The molecule has 0 aromatic carbocycles. The minimum Gasteiger partial charge on any atom is -0.378 e. The second-order valence-electron chi connectivity index (χ2n) is 3.57. The summed E-state index contributed by atoms with van der Waals surface area (Å²) in [5, 5.41) is 0. The summed E-state index contributed by atoms with van der Waals surface area (Å²) in [6.45, 7) is 4.61. The van der Waals surface area contributed by atoms with Gasteiger partial charge in [-0.1, -0.05) is 0 Å². The van der Waals surface area contributed by atoms with Gasteiger partial charge in [-0.05, 0) is 7.05 Å². The maximum absolute atomic E-state index is 5.73. The van der Waals surface area contributed by atoms with E-state index >= 15 is 0 Å². The fraction of sp³-hybridized carbons (Fsp3) is 1.00. The van der Waals surface area contributed by atoms with Gasteiger partial charge in [0.1, 0.15) is 5.60 Å². The Morgan fingerprint density at radius 3 is 2.91 bits per heavy atom. The van der Waals surface area contributed by atoms with Crippen LogP contribution in [-0.4, -0.2) is 50.5 Å². The third-order valence-corrected chi connectivity index (χ3v) is 2.51. The van der Waals surface area contributed by atoms with Crippen LogP contribution in [0.5, 0.6) is 0 Å². The molecule has 0 aliphatic carbocycles. The molecule has 2 aliphatic heterocycles. The number of morpholine rings is 1. The first-order valence-corrected chi connectivity index (χ1v) is 4.21. The SMILES string of the molecule is CN1CCO[C@]2(CCOC2)C1. The molecule has 2 rings (SSSR count). The zero-order valence-corrected chi connectivity index (χ0v) is 7.01. The number of likely N-dealkylation sites (N-methyl/N-ethyl adjacent to an activating group) is 1. The first-order valence-electron chi connectivity index (χ1n) is 4.21. The molecule has 2 fully saturated rings. The Bertz CT molecular complexity index is 143. The molecule has 2 heterocycles. The van der Waals surface area contributed by atoms with Crippen LogP contribution < -0.4 is 0 Å². The Hall–Kier alpha value is -0.120. The molecule has 2 aliphatic rings. The molecule has 0 amide bonds. The van der Waals surface area contributed by atoms with Gasteiger partial charge in [-0.2, -0.15) is 0 Å². The third kappa shape index (κ3) is 1.41. The molecule has 2 saturated heterocycles. The van der Waals surface area contributed by atoms with E-state index in [-0.39, 0.29) is 5.60 Å². The Kier molecular flexibility index (Phi) is 1.87. The zero-order valence-electron chi connectivity index (χ0n) is 7.01. The summed E-state index contributed by atoms with van der Waals surface area (Å²) in [4.78, 5) is 2.32. The van der Waals surface area contributed by atoms with Crippen molar-refractivity contribution in [3.63, 3.8) is 0 Å². The van der Waals surface area contributed by atoms with Crippen LogP contribution in [-0.2, 0) is 9.47 Å². The maximum Gasteiger partial charge on any atom is 0.106 e. The molecule has 11 heavy (non-hydrogen) atoms. The van der Waals surface area contributed by atoms with Crippen molar-refractivity contribution in [2.24, 2.45) is 0 Å². The summed E-state index contributed by atoms with van der Waals surface area (Å²) in [6.07, 6.45) is 1.07. The highest BCUT2D eigenvalue weighted by Gasteiger charge is 2.39. The molecular weight excluding hydrogens is 142 g/mol. The Balaban J connectivity index is 2.00. The highest BCUT2D eigenvalue weighted by molar-refractivity contribution is 4.90. The maximum atomic E-state index is 5.73. The molecule has 0 unspecified atom stereocenters. The standard InChI is InChI=1S/C8H15NO2/c1-9-3-5-11-8(6-9)2-4-10-7-8/h2-7H2,1H3/t8-/m1/s1. The van der Waals surface area contributed by atoms with E-state index in [4.69, 9.17) is 9.47 Å². The van der Waals surface area contributed by atoms with Crippen LogP contribution in [0.15, 0.2) is 0 Å². The molecule has 3 nitrogen and oxygen atoms in total. The van der Waals surface area contributed by atoms with E-state index in [9.17, 15) is 0 Å². The van der Waals surface area contributed by atoms with Crippen LogP contribution in [0.2, 0.25) is 0 Å². The van der Waals surface area contributed by atoms with Gasteiger partial charge in [0.25, 0.3) is 0 Å². The third-order valence-electron chi connectivity index (χ3n) is 2.51. The topological polar surface area (TPSA) is 21.7 Å². The number of ether oxygens (including phenoxy) is 2. The predicted molar refractivity (Wildman–Crippen MR) is 41.6 cm³/mol. The van der Waals surface area contributed by atoms with Crippen LogP contribution in [0.3, 0.4) is 0 Å². The van der Waals surface area contributed by atoms with Gasteiger partial charge in [-0.25, -0.2) is 0 Å². The first-order chi connectivity index (χ1) is 5.31. The van der Waals surface area contributed by atoms with Crippen molar-refractivity contribution in [3.8, 4) is 0 Å². The molecule has 1 atom stereocenters. The lowest BCUT2D eigenvalue weighted by atomic mass is 10.0. The second-order valence-corrected chi connectivity index (χ2v) is 3.57. The van der Waals surface area contributed by atoms with Crippen LogP contribution >= 0.6 is 0 Å². The van der Waals surface area contributed by atoms with Gasteiger partial charge in [-0.3, -0.25) is 0 Å². The quantitative estimate of drug-likeness (QED) is 0.498. The van der Waals surface area contributed by atoms with Gasteiger partial charge >= 0.3 is 0 Å². The molecule has 1 spiro atoms. The monoisotopic (exact) mass is 157 g/mol. The van der Waals surface area contributed by atoms with E-state index in [2.05, 4.69) is 11.9 Å². The van der Waals surface area contributed by atoms with Gasteiger partial charge < -0.3 is 14.4 Å². The lowest BCUT2D eigenvalue weighted by Crippen LogP contribution is -2.50. The number of hydrogen-bond acceptors (Lipinski definition) is 3. The molecular formula is C8H15NO2. The van der Waals surface area contributed by atoms with Crippen molar-refractivity contribution in [2.75, 3.05) is 40.0 Å². The molecule has 0 N–H and O–H groups in total. The predicted octanol–water partition coefficient (Wildman–Crippen LogP) is 0.107. The van der Waals surface area contributed by atoms with Crippen molar-refractivity contribution < 1.29 is 9.47 Å². The van der Waals surface area contributed by atoms with E-state index < -0.39 is 0 Å². The van der Waals surface area contributed by atoms with Gasteiger partial charge in [0.05, 0.1) is 13.2 Å². The van der Waals surface area contributed by atoms with Crippen molar-refractivity contribution >= 4 is 0 Å². The van der Waals surface area contributed by atoms with E-state index in [1.165, 1.54) is 0 Å². The Morgan fingerprint density at radius 1 is 1.36 bits per heavy atom. The normalized spacial score (nSPS) is 40.1. The molecule has 0 aromatic heterocycles.